The second-order valence-electron chi connectivity index (χ2n) is 2.52. The maximum Gasteiger partial charge on any atom is 0.105 e. The Bertz CT molecular complexity index is 85.5. The first-order chi connectivity index (χ1) is 4.33. The fourth-order valence-electron chi connectivity index (χ4n) is 1.07. The van der Waals surface area contributed by atoms with Gasteiger partial charge in [0.25, 0.3) is 0 Å². The molecule has 0 unspecified atom stereocenters. The third-order valence-corrected chi connectivity index (χ3v) is 1.83. The van der Waals surface area contributed by atoms with Gasteiger partial charge in [0.05, 0.1) is 0 Å². The van der Waals surface area contributed by atoms with Crippen molar-refractivity contribution in [3.05, 3.63) is 0 Å². The van der Waals surface area contributed by atoms with Gasteiger partial charge in [0.1, 0.15) is 5.60 Å². The molecule has 1 aliphatic rings. The van der Waals surface area contributed by atoms with Gasteiger partial charge in [0.15, 0.2) is 0 Å². The van der Waals surface area contributed by atoms with Crippen molar-refractivity contribution in [2.75, 3.05) is 33.8 Å². The summed E-state index contributed by atoms with van der Waals surface area (Å²) in [5.74, 6) is 0. The van der Waals surface area contributed by atoms with Crippen LogP contribution in [0.4, 0.5) is 0 Å². The monoisotopic (exact) mass is 130 g/mol. The van der Waals surface area contributed by atoms with E-state index in [-0.39, 0.29) is 5.60 Å². The zero-order chi connectivity index (χ0) is 6.74. The molecule has 0 aromatic heterocycles. The minimum Gasteiger partial charge on any atom is -0.374 e. The summed E-state index contributed by atoms with van der Waals surface area (Å²) in [5.41, 5.74) is 0.0920. The molecule has 9 heavy (non-hydrogen) atoms. The van der Waals surface area contributed by atoms with Crippen LogP contribution in [-0.4, -0.2) is 39.4 Å². The number of methoxy groups -OCH3 is 1. The Hall–Kier alpha value is -0.120. The molecule has 0 bridgehead atoms. The zero-order valence-electron chi connectivity index (χ0n) is 6.03. The van der Waals surface area contributed by atoms with E-state index >= 15 is 0 Å². The van der Waals surface area contributed by atoms with Crippen LogP contribution < -0.4 is 10.6 Å². The van der Waals surface area contributed by atoms with E-state index in [1.54, 1.807) is 7.11 Å². The van der Waals surface area contributed by atoms with E-state index in [2.05, 4.69) is 10.6 Å². The second-order valence-corrected chi connectivity index (χ2v) is 2.52. The molecule has 0 spiro atoms. The predicted octanol–water partition coefficient (Wildman–Crippen LogP) is -0.806. The van der Waals surface area contributed by atoms with Crippen molar-refractivity contribution in [2.24, 2.45) is 0 Å². The molecule has 1 rings (SSSR count). The Kier molecular flexibility index (Phi) is 2.05. The molecular formula is C6H14N2O. The Morgan fingerprint density at radius 3 is 2.44 bits per heavy atom. The fourth-order valence-corrected chi connectivity index (χ4v) is 1.07. The van der Waals surface area contributed by atoms with Gasteiger partial charge in [-0.05, 0) is 7.05 Å². The van der Waals surface area contributed by atoms with Gasteiger partial charge in [0, 0.05) is 26.7 Å². The van der Waals surface area contributed by atoms with Crippen molar-refractivity contribution in [1.82, 2.24) is 10.6 Å². The molecule has 0 aliphatic carbocycles. The van der Waals surface area contributed by atoms with Crippen LogP contribution in [0.1, 0.15) is 0 Å². The number of hydrogen-bond acceptors (Lipinski definition) is 3. The van der Waals surface area contributed by atoms with E-state index in [1.165, 1.54) is 0 Å². The first kappa shape index (κ1) is 6.99. The number of nitrogens with one attached hydrogen (secondary N) is 2. The Morgan fingerprint density at radius 2 is 2.33 bits per heavy atom. The van der Waals surface area contributed by atoms with E-state index < -0.39 is 0 Å². The molecule has 0 radical (unpaired) electrons. The third-order valence-electron chi connectivity index (χ3n) is 1.83. The van der Waals surface area contributed by atoms with E-state index in [1.807, 2.05) is 7.05 Å². The first-order valence-corrected chi connectivity index (χ1v) is 3.23. The number of likely N-dealkylation sites (N-methyl/N-ethyl adjacent to an activating group) is 1. The largest absolute Gasteiger partial charge is 0.374 e. The lowest BCUT2D eigenvalue weighted by atomic mass is 9.97. The molecule has 0 aromatic rings. The quantitative estimate of drug-likeness (QED) is 0.524. The minimum absolute atomic E-state index is 0.0920. The Labute approximate surface area is 55.8 Å². The van der Waals surface area contributed by atoms with Crippen LogP contribution in [0.2, 0.25) is 0 Å². The van der Waals surface area contributed by atoms with E-state index in [4.69, 9.17) is 4.74 Å². The highest BCUT2D eigenvalue weighted by Crippen LogP contribution is 2.13. The maximum atomic E-state index is 5.29. The molecule has 3 heteroatoms. The fraction of sp³-hybridized carbons (Fsp3) is 1.00. The lowest BCUT2D eigenvalue weighted by Crippen LogP contribution is -2.64. The van der Waals surface area contributed by atoms with Crippen LogP contribution in [0.5, 0.6) is 0 Å². The van der Waals surface area contributed by atoms with Crippen LogP contribution in [0.15, 0.2) is 0 Å². The summed E-state index contributed by atoms with van der Waals surface area (Å²) in [5, 5.41) is 6.27. The maximum absolute atomic E-state index is 5.29. The molecule has 1 fully saturated rings. The highest BCUT2D eigenvalue weighted by atomic mass is 16.5. The smallest absolute Gasteiger partial charge is 0.105 e. The van der Waals surface area contributed by atoms with E-state index in [0.717, 1.165) is 19.6 Å². The van der Waals surface area contributed by atoms with Crippen molar-refractivity contribution in [2.45, 2.75) is 5.60 Å². The van der Waals surface area contributed by atoms with Crippen molar-refractivity contribution < 1.29 is 4.74 Å². The molecule has 1 heterocycles. The molecule has 1 saturated heterocycles. The van der Waals surface area contributed by atoms with Gasteiger partial charge in [-0.2, -0.15) is 0 Å². The summed E-state index contributed by atoms with van der Waals surface area (Å²) in [4.78, 5) is 0. The van der Waals surface area contributed by atoms with E-state index in [0.29, 0.717) is 0 Å². The highest BCUT2D eigenvalue weighted by Gasteiger charge is 2.35. The first-order valence-electron chi connectivity index (χ1n) is 3.23. The van der Waals surface area contributed by atoms with Crippen LogP contribution in [0.3, 0.4) is 0 Å². The lowest BCUT2D eigenvalue weighted by molar-refractivity contribution is -0.0478. The Balaban J connectivity index is 2.28. The topological polar surface area (TPSA) is 33.3 Å². The standard InChI is InChI=1S/C6H14N2O/c1-7-3-6(9-2)4-8-5-6/h7-8H,3-5H2,1-2H3. The van der Waals surface area contributed by atoms with Gasteiger partial charge in [-0.15, -0.1) is 0 Å². The normalized spacial score (nSPS) is 23.3. The van der Waals surface area contributed by atoms with Gasteiger partial charge >= 0.3 is 0 Å². The molecule has 0 atom stereocenters. The molecule has 3 nitrogen and oxygen atoms in total. The van der Waals surface area contributed by atoms with Crippen LogP contribution >= 0.6 is 0 Å². The molecule has 1 aliphatic heterocycles. The van der Waals surface area contributed by atoms with Crippen molar-refractivity contribution in [1.29, 1.82) is 0 Å². The van der Waals surface area contributed by atoms with Crippen LogP contribution in [0, 0.1) is 0 Å². The third kappa shape index (κ3) is 1.23. The summed E-state index contributed by atoms with van der Waals surface area (Å²) < 4.78 is 5.29. The molecular weight excluding hydrogens is 116 g/mol. The van der Waals surface area contributed by atoms with Crippen LogP contribution in [0.25, 0.3) is 0 Å². The molecule has 0 aromatic carbocycles. The summed E-state index contributed by atoms with van der Waals surface area (Å²) in [6.45, 7) is 2.89. The van der Waals surface area contributed by atoms with Crippen molar-refractivity contribution >= 4 is 0 Å². The van der Waals surface area contributed by atoms with E-state index in [9.17, 15) is 0 Å². The number of hydrogen-bond donors (Lipinski definition) is 2. The van der Waals surface area contributed by atoms with Crippen molar-refractivity contribution in [3.8, 4) is 0 Å². The van der Waals surface area contributed by atoms with Gasteiger partial charge in [-0.25, -0.2) is 0 Å². The number of ether oxygens (including phenoxy) is 1. The molecule has 2 N–H and O–H groups in total. The molecule has 0 saturated carbocycles. The van der Waals surface area contributed by atoms with Gasteiger partial charge in [-0.1, -0.05) is 0 Å². The predicted molar refractivity (Wildman–Crippen MR) is 36.5 cm³/mol. The SMILES string of the molecule is CNCC1(OC)CNC1. The summed E-state index contributed by atoms with van der Waals surface area (Å²) in [6.07, 6.45) is 0. The van der Waals surface area contributed by atoms with Gasteiger partial charge in [0.2, 0.25) is 0 Å². The molecule has 54 valence electrons. The summed E-state index contributed by atoms with van der Waals surface area (Å²) in [7, 11) is 3.71. The zero-order valence-corrected chi connectivity index (χ0v) is 6.03. The van der Waals surface area contributed by atoms with Gasteiger partial charge in [-0.3, -0.25) is 0 Å². The lowest BCUT2D eigenvalue weighted by Gasteiger charge is -2.41. The van der Waals surface area contributed by atoms with Crippen molar-refractivity contribution in [3.63, 3.8) is 0 Å². The minimum atomic E-state index is 0.0920. The Morgan fingerprint density at radius 1 is 1.67 bits per heavy atom. The van der Waals surface area contributed by atoms with Gasteiger partial charge < -0.3 is 15.4 Å². The number of rotatable bonds is 3. The average molecular weight is 130 g/mol. The highest BCUT2D eigenvalue weighted by molar-refractivity contribution is 4.95. The van der Waals surface area contributed by atoms with Crippen LogP contribution in [-0.2, 0) is 4.74 Å². The molecule has 0 amide bonds. The second kappa shape index (κ2) is 2.64. The summed E-state index contributed by atoms with van der Waals surface area (Å²) >= 11 is 0. The summed E-state index contributed by atoms with van der Waals surface area (Å²) in [6, 6.07) is 0. The average Bonchev–Trinajstić information content (AvgIpc) is 1.79.